The van der Waals surface area contributed by atoms with Gasteiger partial charge in [-0.15, -0.1) is 0 Å². The topological polar surface area (TPSA) is 98.0 Å². The van der Waals surface area contributed by atoms with E-state index in [9.17, 15) is 9.59 Å². The Labute approximate surface area is 131 Å². The van der Waals surface area contributed by atoms with Gasteiger partial charge in [0.25, 0.3) is 5.91 Å². The largest absolute Gasteiger partial charge is 0.482 e. The van der Waals surface area contributed by atoms with E-state index in [0.29, 0.717) is 17.3 Å². The van der Waals surface area contributed by atoms with E-state index < -0.39 is 18.2 Å². The summed E-state index contributed by atoms with van der Waals surface area (Å²) in [4.78, 5) is 23.0. The highest BCUT2D eigenvalue weighted by atomic mass is 16.6. The van der Waals surface area contributed by atoms with Gasteiger partial charge < -0.3 is 24.3 Å². The highest BCUT2D eigenvalue weighted by molar-refractivity contribution is 5.84. The summed E-state index contributed by atoms with van der Waals surface area (Å²) in [7, 11) is 0. The minimum Gasteiger partial charge on any atom is -0.482 e. The van der Waals surface area contributed by atoms with Crippen LogP contribution < -0.4 is 14.8 Å². The van der Waals surface area contributed by atoms with E-state index in [2.05, 4.69) is 5.32 Å². The quantitative estimate of drug-likeness (QED) is 0.892. The van der Waals surface area contributed by atoms with Crippen molar-refractivity contribution < 1.29 is 28.6 Å². The van der Waals surface area contributed by atoms with Gasteiger partial charge in [0.15, 0.2) is 11.5 Å². The molecule has 2 atom stereocenters. The molecule has 1 aromatic heterocycles. The lowest BCUT2D eigenvalue weighted by molar-refractivity contribution is -0.133. The molecule has 2 heterocycles. The number of nitrogens with one attached hydrogen (secondary N) is 1. The molecule has 1 amide bonds. The Morgan fingerprint density at radius 3 is 2.48 bits per heavy atom. The lowest BCUT2D eigenvalue weighted by Gasteiger charge is -2.30. The number of aromatic carboxylic acids is 1. The molecule has 2 N–H and O–H groups in total. The number of hydrogen-bond donors (Lipinski definition) is 2. The van der Waals surface area contributed by atoms with Crippen LogP contribution in [0.1, 0.15) is 23.2 Å². The maximum atomic E-state index is 12.3. The van der Waals surface area contributed by atoms with Crippen LogP contribution in [0.2, 0.25) is 0 Å². The fourth-order valence-electron chi connectivity index (χ4n) is 2.27. The van der Waals surface area contributed by atoms with Crippen molar-refractivity contribution in [3.63, 3.8) is 0 Å². The van der Waals surface area contributed by atoms with E-state index >= 15 is 0 Å². The minimum atomic E-state index is -1.16. The zero-order valence-corrected chi connectivity index (χ0v) is 12.3. The third-order valence-corrected chi connectivity index (χ3v) is 3.41. The number of carbonyl (C=O) groups excluding carboxylic acids is 1. The lowest BCUT2D eigenvalue weighted by Crippen LogP contribution is -2.48. The van der Waals surface area contributed by atoms with Crippen LogP contribution in [0.15, 0.2) is 40.8 Å². The van der Waals surface area contributed by atoms with Crippen molar-refractivity contribution in [1.29, 1.82) is 0 Å². The smallest absolute Gasteiger partial charge is 0.371 e. The van der Waals surface area contributed by atoms with Crippen molar-refractivity contribution in [2.45, 2.75) is 25.7 Å². The van der Waals surface area contributed by atoms with Gasteiger partial charge >= 0.3 is 5.97 Å². The molecule has 23 heavy (non-hydrogen) atoms. The Balaban J connectivity index is 1.63. The average Bonchev–Trinajstić information content (AvgIpc) is 3.01. The van der Waals surface area contributed by atoms with Gasteiger partial charge in [-0.25, -0.2) is 4.79 Å². The number of ether oxygens (including phenoxy) is 2. The maximum absolute atomic E-state index is 12.3. The molecule has 0 saturated heterocycles. The van der Waals surface area contributed by atoms with Crippen LogP contribution in [-0.4, -0.2) is 29.2 Å². The predicted molar refractivity (Wildman–Crippen MR) is 78.5 cm³/mol. The molecule has 2 aromatic rings. The Bertz CT molecular complexity index is 738. The number of amides is 1. The Morgan fingerprint density at radius 2 is 1.83 bits per heavy atom. The number of para-hydroxylation sites is 2. The van der Waals surface area contributed by atoms with Crippen LogP contribution in [0.5, 0.6) is 11.5 Å². The highest BCUT2D eigenvalue weighted by Crippen LogP contribution is 2.33. The number of benzene rings is 1. The molecule has 1 aliphatic rings. The molecule has 7 heteroatoms. The fraction of sp³-hybridized carbons (Fsp3) is 0.250. The molecule has 0 fully saturated rings. The number of carboxylic acid groups (broad SMARTS) is 1. The summed E-state index contributed by atoms with van der Waals surface area (Å²) in [6.45, 7) is 1.82. The van der Waals surface area contributed by atoms with Crippen molar-refractivity contribution in [3.05, 3.63) is 47.9 Å². The molecule has 0 aliphatic carbocycles. The molecule has 0 unspecified atom stereocenters. The molecular formula is C16H15NO6. The Hall–Kier alpha value is -2.96. The molecule has 120 valence electrons. The van der Waals surface area contributed by atoms with Crippen molar-refractivity contribution in [2.24, 2.45) is 0 Å². The highest BCUT2D eigenvalue weighted by Gasteiger charge is 2.33. The Kier molecular flexibility index (Phi) is 3.92. The molecule has 0 saturated carbocycles. The molecule has 0 spiro atoms. The SMILES string of the molecule is C[C@@H]1Oc2ccccc2O[C@@H]1C(=O)NCc1ccc(C(=O)O)o1. The number of rotatable bonds is 4. The fourth-order valence-corrected chi connectivity index (χ4v) is 2.27. The summed E-state index contributed by atoms with van der Waals surface area (Å²) in [6.07, 6.45) is -1.24. The first-order valence-electron chi connectivity index (χ1n) is 7.06. The third-order valence-electron chi connectivity index (χ3n) is 3.41. The summed E-state index contributed by atoms with van der Waals surface area (Å²) < 4.78 is 16.4. The standard InChI is InChI=1S/C16H15NO6/c1-9-14(23-12-5-3-2-4-11(12)21-9)15(18)17-8-10-6-7-13(22-10)16(19)20/h2-7,9,14H,8H2,1H3,(H,17,18)(H,19,20)/t9-,14-/m0/s1. The van der Waals surface area contributed by atoms with Gasteiger partial charge in [-0.05, 0) is 31.2 Å². The van der Waals surface area contributed by atoms with E-state index in [1.54, 1.807) is 25.1 Å². The summed E-state index contributed by atoms with van der Waals surface area (Å²) >= 11 is 0. The average molecular weight is 317 g/mol. The van der Waals surface area contributed by atoms with E-state index in [1.165, 1.54) is 12.1 Å². The molecule has 1 aliphatic heterocycles. The summed E-state index contributed by atoms with van der Waals surface area (Å²) in [6, 6.07) is 9.96. The van der Waals surface area contributed by atoms with Gasteiger partial charge in [-0.3, -0.25) is 4.79 Å². The number of fused-ring (bicyclic) bond motifs is 1. The second-order valence-electron chi connectivity index (χ2n) is 5.10. The van der Waals surface area contributed by atoms with Crippen LogP contribution in [0, 0.1) is 0 Å². The molecule has 0 radical (unpaired) electrons. The molecular weight excluding hydrogens is 302 g/mol. The van der Waals surface area contributed by atoms with Crippen molar-refractivity contribution in [2.75, 3.05) is 0 Å². The van der Waals surface area contributed by atoms with Crippen LogP contribution in [0.3, 0.4) is 0 Å². The van der Waals surface area contributed by atoms with Gasteiger partial charge in [0.1, 0.15) is 11.9 Å². The molecule has 0 bridgehead atoms. The van der Waals surface area contributed by atoms with Crippen LogP contribution >= 0.6 is 0 Å². The summed E-state index contributed by atoms with van der Waals surface area (Å²) in [5, 5.41) is 11.4. The monoisotopic (exact) mass is 317 g/mol. The number of carboxylic acids is 1. The van der Waals surface area contributed by atoms with Gasteiger partial charge in [0.2, 0.25) is 11.9 Å². The van der Waals surface area contributed by atoms with Crippen molar-refractivity contribution >= 4 is 11.9 Å². The zero-order chi connectivity index (χ0) is 16.4. The van der Waals surface area contributed by atoms with E-state index in [4.69, 9.17) is 19.0 Å². The van der Waals surface area contributed by atoms with Crippen molar-refractivity contribution in [1.82, 2.24) is 5.32 Å². The molecule has 7 nitrogen and oxygen atoms in total. The van der Waals surface area contributed by atoms with Crippen molar-refractivity contribution in [3.8, 4) is 11.5 Å². The molecule has 1 aromatic carbocycles. The van der Waals surface area contributed by atoms with Gasteiger partial charge in [0.05, 0.1) is 6.54 Å². The third kappa shape index (κ3) is 3.13. The minimum absolute atomic E-state index is 0.0698. The first kappa shape index (κ1) is 15.0. The zero-order valence-electron chi connectivity index (χ0n) is 12.3. The number of furan rings is 1. The van der Waals surface area contributed by atoms with Gasteiger partial charge in [0, 0.05) is 0 Å². The number of carbonyl (C=O) groups is 2. The van der Waals surface area contributed by atoms with E-state index in [-0.39, 0.29) is 18.2 Å². The second kappa shape index (κ2) is 6.04. The predicted octanol–water partition coefficient (Wildman–Crippen LogP) is 1.82. The van der Waals surface area contributed by atoms with E-state index in [0.717, 1.165) is 0 Å². The lowest BCUT2D eigenvalue weighted by atomic mass is 10.1. The normalized spacial score (nSPS) is 19.2. The van der Waals surface area contributed by atoms with E-state index in [1.807, 2.05) is 6.07 Å². The Morgan fingerprint density at radius 1 is 1.13 bits per heavy atom. The first-order valence-corrected chi connectivity index (χ1v) is 7.06. The number of hydrogen-bond acceptors (Lipinski definition) is 5. The van der Waals surface area contributed by atoms with Crippen LogP contribution in [-0.2, 0) is 11.3 Å². The molecule has 3 rings (SSSR count). The summed E-state index contributed by atoms with van der Waals surface area (Å²) in [5.41, 5.74) is 0. The maximum Gasteiger partial charge on any atom is 0.371 e. The van der Waals surface area contributed by atoms with Crippen LogP contribution in [0.25, 0.3) is 0 Å². The summed E-state index contributed by atoms with van der Waals surface area (Å²) in [5.74, 6) is -0.232. The second-order valence-corrected chi connectivity index (χ2v) is 5.10. The van der Waals surface area contributed by atoms with Gasteiger partial charge in [-0.2, -0.15) is 0 Å². The van der Waals surface area contributed by atoms with Gasteiger partial charge in [-0.1, -0.05) is 12.1 Å². The van der Waals surface area contributed by atoms with Crippen LogP contribution in [0.4, 0.5) is 0 Å². The first-order chi connectivity index (χ1) is 11.0.